The minimum absolute atomic E-state index is 0.246. The summed E-state index contributed by atoms with van der Waals surface area (Å²) < 4.78 is 25.8. The van der Waals surface area contributed by atoms with Gasteiger partial charge in [-0.05, 0) is 48.0 Å². The molecule has 1 aromatic heterocycles. The van der Waals surface area contributed by atoms with E-state index in [1.54, 1.807) is 12.1 Å². The number of halogens is 1. The molecule has 1 aliphatic heterocycles. The molecule has 2 heterocycles. The van der Waals surface area contributed by atoms with Gasteiger partial charge >= 0.3 is 0 Å². The van der Waals surface area contributed by atoms with E-state index in [1.165, 1.54) is 12.1 Å². The van der Waals surface area contributed by atoms with Gasteiger partial charge < -0.3 is 14.0 Å². The van der Waals surface area contributed by atoms with E-state index in [1.807, 2.05) is 35.0 Å². The lowest BCUT2D eigenvalue weighted by Gasteiger charge is -2.10. The van der Waals surface area contributed by atoms with Gasteiger partial charge in [-0.2, -0.15) is 0 Å². The number of hydrogen-bond acceptors (Lipinski definition) is 2. The number of hydrogen-bond donors (Lipinski definition) is 0. The molecule has 0 N–H and O–H groups in total. The predicted octanol–water partition coefficient (Wildman–Crippen LogP) is 3.81. The lowest BCUT2D eigenvalue weighted by atomic mass is 10.1. The molecule has 0 spiro atoms. The largest absolute Gasteiger partial charge is 0.454 e. The van der Waals surface area contributed by atoms with Crippen LogP contribution in [0.1, 0.15) is 0 Å². The van der Waals surface area contributed by atoms with Crippen molar-refractivity contribution in [1.29, 1.82) is 0 Å². The molecule has 0 amide bonds. The third kappa shape index (κ3) is 2.05. The Hall–Kier alpha value is -2.75. The summed E-state index contributed by atoms with van der Waals surface area (Å²) in [5.41, 5.74) is 2.81. The van der Waals surface area contributed by atoms with Gasteiger partial charge in [-0.25, -0.2) is 4.39 Å². The fraction of sp³-hybridized carbons (Fsp3) is 0.0588. The van der Waals surface area contributed by atoms with Crippen molar-refractivity contribution in [3.05, 3.63) is 66.6 Å². The van der Waals surface area contributed by atoms with Gasteiger partial charge in [0.25, 0.3) is 0 Å². The first-order valence-corrected chi connectivity index (χ1v) is 6.56. The van der Waals surface area contributed by atoms with Crippen LogP contribution in [0.25, 0.3) is 16.9 Å². The van der Waals surface area contributed by atoms with Crippen LogP contribution in [0.5, 0.6) is 11.5 Å². The summed E-state index contributed by atoms with van der Waals surface area (Å²) in [5.74, 6) is 1.23. The molecule has 4 heteroatoms. The Labute approximate surface area is 121 Å². The second-order valence-corrected chi connectivity index (χ2v) is 4.74. The maximum atomic E-state index is 13.1. The van der Waals surface area contributed by atoms with Crippen molar-refractivity contribution in [2.75, 3.05) is 6.79 Å². The molecule has 0 saturated carbocycles. The molecule has 1 aliphatic rings. The number of rotatable bonds is 2. The summed E-state index contributed by atoms with van der Waals surface area (Å²) in [6, 6.07) is 17.1. The van der Waals surface area contributed by atoms with E-state index >= 15 is 0 Å². The molecule has 0 fully saturated rings. The minimum Gasteiger partial charge on any atom is -0.454 e. The normalized spacial score (nSPS) is 12.6. The van der Waals surface area contributed by atoms with Crippen LogP contribution in [0.4, 0.5) is 4.39 Å². The van der Waals surface area contributed by atoms with Crippen molar-refractivity contribution in [1.82, 2.24) is 4.57 Å². The topological polar surface area (TPSA) is 23.4 Å². The standard InChI is InChI=1S/C17H11FNO2/c18-13-5-3-12(4-6-13)15-2-1-9-19(15)14-7-8-16-17(10-14)21-11-20-16/h2-10H,11H2. The van der Waals surface area contributed by atoms with E-state index in [2.05, 4.69) is 6.07 Å². The maximum Gasteiger partial charge on any atom is 0.231 e. The van der Waals surface area contributed by atoms with E-state index in [0.29, 0.717) is 0 Å². The Morgan fingerprint density at radius 3 is 2.67 bits per heavy atom. The van der Waals surface area contributed by atoms with Crippen molar-refractivity contribution >= 4 is 0 Å². The molecule has 0 bridgehead atoms. The molecule has 21 heavy (non-hydrogen) atoms. The maximum absolute atomic E-state index is 13.1. The Morgan fingerprint density at radius 1 is 1.00 bits per heavy atom. The Morgan fingerprint density at radius 2 is 1.81 bits per heavy atom. The van der Waals surface area contributed by atoms with E-state index in [0.717, 1.165) is 28.4 Å². The van der Waals surface area contributed by atoms with E-state index in [9.17, 15) is 4.39 Å². The first-order valence-electron chi connectivity index (χ1n) is 6.56. The zero-order chi connectivity index (χ0) is 14.2. The molecule has 0 aliphatic carbocycles. The SMILES string of the molecule is Fc1ccc(-c2c[c]cn2-c2ccc3c(c2)OCO3)cc1. The van der Waals surface area contributed by atoms with Crippen molar-refractivity contribution in [2.24, 2.45) is 0 Å². The Balaban J connectivity index is 1.80. The number of aromatic nitrogens is 1. The average Bonchev–Trinajstić information content (AvgIpc) is 3.16. The summed E-state index contributed by atoms with van der Waals surface area (Å²) in [5, 5.41) is 0. The van der Waals surface area contributed by atoms with Gasteiger partial charge in [-0.3, -0.25) is 0 Å². The fourth-order valence-electron chi connectivity index (χ4n) is 2.42. The van der Waals surface area contributed by atoms with Crippen LogP contribution in [0.15, 0.2) is 54.7 Å². The quantitative estimate of drug-likeness (QED) is 0.712. The molecule has 3 nitrogen and oxygen atoms in total. The first kappa shape index (κ1) is 12.0. The van der Waals surface area contributed by atoms with Crippen LogP contribution in [0.2, 0.25) is 0 Å². The van der Waals surface area contributed by atoms with Crippen molar-refractivity contribution in [3.8, 4) is 28.4 Å². The zero-order valence-corrected chi connectivity index (χ0v) is 11.0. The molecule has 0 unspecified atom stereocenters. The smallest absolute Gasteiger partial charge is 0.231 e. The fourth-order valence-corrected chi connectivity index (χ4v) is 2.42. The highest BCUT2D eigenvalue weighted by molar-refractivity contribution is 5.64. The summed E-state index contributed by atoms with van der Waals surface area (Å²) in [6.07, 6.45) is 1.84. The van der Waals surface area contributed by atoms with Gasteiger partial charge in [0.2, 0.25) is 6.79 Å². The number of fused-ring (bicyclic) bond motifs is 1. The van der Waals surface area contributed by atoms with Crippen LogP contribution in [-0.2, 0) is 0 Å². The van der Waals surface area contributed by atoms with Crippen LogP contribution < -0.4 is 9.47 Å². The summed E-state index contributed by atoms with van der Waals surface area (Å²) in [4.78, 5) is 0. The van der Waals surface area contributed by atoms with Crippen molar-refractivity contribution < 1.29 is 13.9 Å². The molecule has 4 rings (SSSR count). The third-order valence-electron chi connectivity index (χ3n) is 3.46. The van der Waals surface area contributed by atoms with Gasteiger partial charge in [0.15, 0.2) is 11.5 Å². The van der Waals surface area contributed by atoms with E-state index in [-0.39, 0.29) is 12.6 Å². The molecule has 0 atom stereocenters. The lowest BCUT2D eigenvalue weighted by Crippen LogP contribution is -1.95. The average molecular weight is 280 g/mol. The molecule has 3 aromatic rings. The van der Waals surface area contributed by atoms with Crippen LogP contribution >= 0.6 is 0 Å². The van der Waals surface area contributed by atoms with Crippen molar-refractivity contribution in [3.63, 3.8) is 0 Å². The third-order valence-corrected chi connectivity index (χ3v) is 3.46. The highest BCUT2D eigenvalue weighted by atomic mass is 19.1. The summed E-state index contributed by atoms with van der Waals surface area (Å²) in [7, 11) is 0. The van der Waals surface area contributed by atoms with Gasteiger partial charge in [-0.15, -0.1) is 0 Å². The Bertz CT molecular complexity index is 793. The molecular formula is C17H11FNO2. The molecule has 2 aromatic carbocycles. The molecular weight excluding hydrogens is 269 g/mol. The lowest BCUT2D eigenvalue weighted by molar-refractivity contribution is 0.174. The molecule has 103 valence electrons. The summed E-state index contributed by atoms with van der Waals surface area (Å²) >= 11 is 0. The van der Waals surface area contributed by atoms with Gasteiger partial charge in [0.1, 0.15) is 5.82 Å². The van der Waals surface area contributed by atoms with Gasteiger partial charge in [-0.1, -0.05) is 0 Å². The minimum atomic E-state index is -0.246. The van der Waals surface area contributed by atoms with Crippen molar-refractivity contribution in [2.45, 2.75) is 0 Å². The molecule has 1 radical (unpaired) electrons. The number of benzene rings is 2. The molecule has 0 saturated heterocycles. The zero-order valence-electron chi connectivity index (χ0n) is 11.0. The second-order valence-electron chi connectivity index (χ2n) is 4.74. The highest BCUT2D eigenvalue weighted by Crippen LogP contribution is 2.35. The number of nitrogens with zero attached hydrogens (tertiary/aromatic N) is 1. The Kier molecular flexibility index (Phi) is 2.67. The predicted molar refractivity (Wildman–Crippen MR) is 76.1 cm³/mol. The van der Waals surface area contributed by atoms with Crippen LogP contribution in [-0.4, -0.2) is 11.4 Å². The highest BCUT2D eigenvalue weighted by Gasteiger charge is 2.15. The van der Waals surface area contributed by atoms with Crippen LogP contribution in [0, 0.1) is 11.9 Å². The second kappa shape index (κ2) is 4.66. The first-order chi connectivity index (χ1) is 10.3. The van der Waals surface area contributed by atoms with Gasteiger partial charge in [0, 0.05) is 24.0 Å². The monoisotopic (exact) mass is 280 g/mol. The number of ether oxygens (including phenoxy) is 2. The van der Waals surface area contributed by atoms with Gasteiger partial charge in [0.05, 0.1) is 5.69 Å². The van der Waals surface area contributed by atoms with Crippen LogP contribution in [0.3, 0.4) is 0 Å². The van der Waals surface area contributed by atoms with E-state index in [4.69, 9.17) is 9.47 Å². The summed E-state index contributed by atoms with van der Waals surface area (Å²) in [6.45, 7) is 0.251. The van der Waals surface area contributed by atoms with E-state index < -0.39 is 0 Å².